The Morgan fingerprint density at radius 2 is 1.83 bits per heavy atom. The van der Waals surface area contributed by atoms with Crippen LogP contribution in [-0.4, -0.2) is 66.0 Å². The maximum Gasteiger partial charge on any atom is 0.410 e. The highest BCUT2D eigenvalue weighted by Gasteiger charge is 2.39. The second-order valence-corrected chi connectivity index (χ2v) is 11.3. The molecule has 1 aromatic rings. The molecule has 9 nitrogen and oxygen atoms in total. The van der Waals surface area contributed by atoms with Crippen molar-refractivity contribution in [3.05, 3.63) is 28.3 Å². The van der Waals surface area contributed by atoms with Crippen molar-refractivity contribution in [1.29, 1.82) is 0 Å². The number of anilines is 2. The van der Waals surface area contributed by atoms with E-state index >= 15 is 0 Å². The lowest BCUT2D eigenvalue weighted by atomic mass is 9.71. The Morgan fingerprint density at radius 1 is 1.20 bits per heavy atom. The van der Waals surface area contributed by atoms with Crippen LogP contribution in [0.25, 0.3) is 0 Å². The molecule has 0 aliphatic carbocycles. The molecule has 1 atom stereocenters. The van der Waals surface area contributed by atoms with Crippen molar-refractivity contribution in [3.63, 3.8) is 0 Å². The number of piperidine rings is 2. The Bertz CT molecular complexity index is 867. The molecule has 2 aliphatic heterocycles. The van der Waals surface area contributed by atoms with Gasteiger partial charge in [0, 0.05) is 51.1 Å². The highest BCUT2D eigenvalue weighted by atomic mass is 16.6. The number of ether oxygens (including phenoxy) is 1. The number of benzene rings is 1. The molecule has 1 aromatic carbocycles. The van der Waals surface area contributed by atoms with Gasteiger partial charge in [-0.05, 0) is 82.8 Å². The molecule has 2 heterocycles. The highest BCUT2D eigenvalue weighted by Crippen LogP contribution is 2.43. The van der Waals surface area contributed by atoms with Crippen molar-refractivity contribution in [2.75, 3.05) is 49.5 Å². The summed E-state index contributed by atoms with van der Waals surface area (Å²) < 4.78 is 5.53. The molecular formula is C26H42N4O5. The van der Waals surface area contributed by atoms with E-state index in [2.05, 4.69) is 17.1 Å². The highest BCUT2D eigenvalue weighted by molar-refractivity contribution is 5.69. The average Bonchev–Trinajstić information content (AvgIpc) is 2.81. The van der Waals surface area contributed by atoms with E-state index in [9.17, 15) is 14.9 Å². The van der Waals surface area contributed by atoms with Crippen LogP contribution in [0.2, 0.25) is 0 Å². The summed E-state index contributed by atoms with van der Waals surface area (Å²) >= 11 is 0. The van der Waals surface area contributed by atoms with E-state index in [1.807, 2.05) is 37.8 Å². The van der Waals surface area contributed by atoms with Gasteiger partial charge in [-0.1, -0.05) is 6.92 Å². The zero-order valence-electron chi connectivity index (χ0n) is 21.7. The minimum atomic E-state index is -0.479. The van der Waals surface area contributed by atoms with E-state index in [-0.39, 0.29) is 28.7 Å². The van der Waals surface area contributed by atoms with Gasteiger partial charge in [-0.2, -0.15) is 0 Å². The Hall–Kier alpha value is -2.55. The minimum absolute atomic E-state index is 0.0890. The van der Waals surface area contributed by atoms with Gasteiger partial charge < -0.3 is 25.0 Å². The Labute approximate surface area is 209 Å². The van der Waals surface area contributed by atoms with Gasteiger partial charge in [0.1, 0.15) is 11.3 Å². The van der Waals surface area contributed by atoms with Crippen molar-refractivity contribution in [2.24, 2.45) is 11.3 Å². The molecule has 196 valence electrons. The number of amides is 1. The zero-order chi connectivity index (χ0) is 25.6. The van der Waals surface area contributed by atoms with Crippen LogP contribution in [0.3, 0.4) is 0 Å². The van der Waals surface area contributed by atoms with Gasteiger partial charge in [0.15, 0.2) is 0 Å². The monoisotopic (exact) mass is 490 g/mol. The number of aliphatic hydroxyl groups excluding tert-OH is 1. The topological polar surface area (TPSA) is 108 Å². The van der Waals surface area contributed by atoms with Crippen LogP contribution >= 0.6 is 0 Å². The molecule has 2 fully saturated rings. The molecule has 35 heavy (non-hydrogen) atoms. The van der Waals surface area contributed by atoms with Gasteiger partial charge in [-0.15, -0.1) is 0 Å². The van der Waals surface area contributed by atoms with Crippen molar-refractivity contribution < 1.29 is 19.6 Å². The second kappa shape index (κ2) is 11.5. The van der Waals surface area contributed by atoms with Crippen LogP contribution in [0.5, 0.6) is 0 Å². The number of nitro benzene ring substituents is 1. The lowest BCUT2D eigenvalue weighted by Gasteiger charge is -2.47. The van der Waals surface area contributed by atoms with Crippen molar-refractivity contribution in [3.8, 4) is 0 Å². The van der Waals surface area contributed by atoms with E-state index in [0.717, 1.165) is 70.4 Å². The van der Waals surface area contributed by atoms with Gasteiger partial charge in [-0.25, -0.2) is 4.79 Å². The summed E-state index contributed by atoms with van der Waals surface area (Å²) in [5.74, 6) is 0.312. The maximum absolute atomic E-state index is 12.4. The summed E-state index contributed by atoms with van der Waals surface area (Å²) in [4.78, 5) is 27.8. The molecule has 1 amide bonds. The summed E-state index contributed by atoms with van der Waals surface area (Å²) in [5.41, 5.74) is 1.41. The molecule has 2 aliphatic rings. The normalized spacial score (nSPS) is 18.9. The summed E-state index contributed by atoms with van der Waals surface area (Å²) in [7, 11) is 0. The summed E-state index contributed by atoms with van der Waals surface area (Å²) in [6.07, 6.45) is 5.45. The second-order valence-electron chi connectivity index (χ2n) is 11.3. The van der Waals surface area contributed by atoms with Gasteiger partial charge in [0.2, 0.25) is 0 Å². The Balaban J connectivity index is 1.58. The number of nitrogens with one attached hydrogen (secondary N) is 1. The largest absolute Gasteiger partial charge is 0.444 e. The number of hydrogen-bond acceptors (Lipinski definition) is 7. The number of nitrogens with zero attached hydrogens (tertiary/aromatic N) is 3. The molecule has 0 bridgehead atoms. The molecule has 1 spiro atoms. The first-order chi connectivity index (χ1) is 16.5. The fourth-order valence-corrected chi connectivity index (χ4v) is 5.08. The van der Waals surface area contributed by atoms with E-state index in [1.165, 1.54) is 0 Å². The third-order valence-electron chi connectivity index (χ3n) is 7.34. The van der Waals surface area contributed by atoms with Crippen LogP contribution in [-0.2, 0) is 4.74 Å². The van der Waals surface area contributed by atoms with Crippen LogP contribution in [0.1, 0.15) is 66.2 Å². The first-order valence-electron chi connectivity index (χ1n) is 12.9. The molecule has 3 rings (SSSR count). The quantitative estimate of drug-likeness (QED) is 0.388. The predicted molar refractivity (Wildman–Crippen MR) is 138 cm³/mol. The van der Waals surface area contributed by atoms with Crippen molar-refractivity contribution in [1.82, 2.24) is 4.90 Å². The van der Waals surface area contributed by atoms with E-state index < -0.39 is 5.60 Å². The van der Waals surface area contributed by atoms with Crippen LogP contribution in [0, 0.1) is 21.4 Å². The van der Waals surface area contributed by atoms with Crippen molar-refractivity contribution >= 4 is 23.2 Å². The fraction of sp³-hybridized carbons (Fsp3) is 0.731. The molecular weight excluding hydrogens is 448 g/mol. The average molecular weight is 491 g/mol. The standard InChI is InChI=1S/C26H42N4O5/c1-20(6-5-17-31)19-27-22-18-21(7-8-23(22)30(33)34)28-13-9-26(10-14-28)11-15-29(16-12-26)24(32)35-25(2,3)4/h7-8,18,20,27,31H,5-6,9-17,19H2,1-4H3/t20-/m1/s1. The lowest BCUT2D eigenvalue weighted by Crippen LogP contribution is -2.49. The Morgan fingerprint density at radius 3 is 2.40 bits per heavy atom. The van der Waals surface area contributed by atoms with Gasteiger partial charge in [-0.3, -0.25) is 10.1 Å². The molecule has 0 aromatic heterocycles. The first kappa shape index (κ1) is 27.0. The molecule has 2 saturated heterocycles. The number of hydrogen-bond donors (Lipinski definition) is 2. The molecule has 9 heteroatoms. The third kappa shape index (κ3) is 7.46. The summed E-state index contributed by atoms with van der Waals surface area (Å²) in [5, 5.41) is 23.9. The van der Waals surface area contributed by atoms with Crippen molar-refractivity contribution in [2.45, 2.75) is 71.8 Å². The molecule has 0 saturated carbocycles. The van der Waals surface area contributed by atoms with Gasteiger partial charge in [0.25, 0.3) is 5.69 Å². The van der Waals surface area contributed by atoms with E-state index in [1.54, 1.807) is 6.07 Å². The number of nitro groups is 1. The van der Waals surface area contributed by atoms with Crippen LogP contribution < -0.4 is 10.2 Å². The fourth-order valence-electron chi connectivity index (χ4n) is 5.08. The van der Waals surface area contributed by atoms with Crippen LogP contribution in [0.15, 0.2) is 18.2 Å². The number of likely N-dealkylation sites (tertiary alicyclic amines) is 1. The van der Waals surface area contributed by atoms with Gasteiger partial charge >= 0.3 is 6.09 Å². The maximum atomic E-state index is 12.4. The number of carbonyl (C=O) groups excluding carboxylic acids is 1. The van der Waals surface area contributed by atoms with Gasteiger partial charge in [0.05, 0.1) is 4.92 Å². The smallest absolute Gasteiger partial charge is 0.410 e. The summed E-state index contributed by atoms with van der Waals surface area (Å²) in [6, 6.07) is 5.35. The number of aliphatic hydroxyl groups is 1. The molecule has 0 radical (unpaired) electrons. The molecule has 2 N–H and O–H groups in total. The number of rotatable bonds is 8. The lowest BCUT2D eigenvalue weighted by molar-refractivity contribution is -0.383. The SMILES string of the molecule is C[C@H](CCCO)CNc1cc(N2CCC3(CCN(C(=O)OC(C)(C)C)CC3)CC2)ccc1[N+](=O)[O-]. The van der Waals surface area contributed by atoms with Crippen LogP contribution in [0.4, 0.5) is 21.9 Å². The van der Waals surface area contributed by atoms with E-state index in [4.69, 9.17) is 9.84 Å². The summed E-state index contributed by atoms with van der Waals surface area (Å²) in [6.45, 7) is 11.8. The first-order valence-corrected chi connectivity index (χ1v) is 12.9. The predicted octanol–water partition coefficient (Wildman–Crippen LogP) is 5.03. The van der Waals surface area contributed by atoms with E-state index in [0.29, 0.717) is 18.2 Å². The molecule has 0 unspecified atom stereocenters. The number of carbonyl (C=O) groups is 1. The minimum Gasteiger partial charge on any atom is -0.444 e. The Kier molecular flexibility index (Phi) is 8.85. The third-order valence-corrected chi connectivity index (χ3v) is 7.34. The zero-order valence-corrected chi connectivity index (χ0v) is 21.7.